The van der Waals surface area contributed by atoms with Crippen LogP contribution < -0.4 is 10.2 Å². The Balaban J connectivity index is 0.00000150. The van der Waals surface area contributed by atoms with Crippen LogP contribution >= 0.6 is 24.8 Å². The fourth-order valence-electron chi connectivity index (χ4n) is 4.02. The molecule has 0 bridgehead atoms. The molecule has 0 aliphatic carbocycles. The number of hydrogen-bond donors (Lipinski definition) is 2. The van der Waals surface area contributed by atoms with Gasteiger partial charge in [-0.15, -0.1) is 24.8 Å². The standard InChI is InChI=1S/C23H24N2O2.2ClH/c1-16(21-8-4-6-17-5-2-3-7-22(17)21)24-19-13-14-25(15-19)20-11-9-18(10-12-20)23(26)27;;/h2-12,16,19,24H,13-15H2,1H3,(H,26,27);2*1H/t16-,19-;;/m1../s1. The van der Waals surface area contributed by atoms with Crippen LogP contribution in [0.1, 0.15) is 35.3 Å². The molecular formula is C23H26Cl2N2O2. The molecule has 0 aromatic heterocycles. The van der Waals surface area contributed by atoms with Gasteiger partial charge in [-0.2, -0.15) is 0 Å². The molecule has 1 saturated heterocycles. The molecule has 4 rings (SSSR count). The number of nitrogens with zero attached hydrogens (tertiary/aromatic N) is 1. The van der Waals surface area contributed by atoms with Crippen molar-refractivity contribution in [2.75, 3.05) is 18.0 Å². The van der Waals surface area contributed by atoms with Gasteiger partial charge < -0.3 is 15.3 Å². The second-order valence-corrected chi connectivity index (χ2v) is 7.24. The number of hydrogen-bond acceptors (Lipinski definition) is 3. The lowest BCUT2D eigenvalue weighted by Gasteiger charge is -2.23. The summed E-state index contributed by atoms with van der Waals surface area (Å²) >= 11 is 0. The summed E-state index contributed by atoms with van der Waals surface area (Å²) in [6.07, 6.45) is 1.08. The number of halogens is 2. The van der Waals surface area contributed by atoms with E-state index in [1.165, 1.54) is 16.3 Å². The van der Waals surface area contributed by atoms with E-state index >= 15 is 0 Å². The minimum atomic E-state index is -0.883. The fourth-order valence-corrected chi connectivity index (χ4v) is 4.02. The molecule has 3 aromatic carbocycles. The number of anilines is 1. The predicted molar refractivity (Wildman–Crippen MR) is 124 cm³/mol. The molecule has 0 saturated carbocycles. The highest BCUT2D eigenvalue weighted by Gasteiger charge is 2.24. The highest BCUT2D eigenvalue weighted by atomic mass is 35.5. The average molecular weight is 433 g/mol. The molecule has 0 amide bonds. The largest absolute Gasteiger partial charge is 0.478 e. The summed E-state index contributed by atoms with van der Waals surface area (Å²) in [5.41, 5.74) is 2.75. The Bertz CT molecular complexity index is 957. The minimum absolute atomic E-state index is 0. The molecule has 2 N–H and O–H groups in total. The van der Waals surface area contributed by atoms with E-state index < -0.39 is 5.97 Å². The monoisotopic (exact) mass is 432 g/mol. The van der Waals surface area contributed by atoms with Crippen molar-refractivity contribution in [3.63, 3.8) is 0 Å². The first kappa shape index (κ1) is 23.0. The van der Waals surface area contributed by atoms with Crippen LogP contribution in [0.4, 0.5) is 5.69 Å². The van der Waals surface area contributed by atoms with E-state index in [-0.39, 0.29) is 30.9 Å². The lowest BCUT2D eigenvalue weighted by Crippen LogP contribution is -2.34. The highest BCUT2D eigenvalue weighted by Crippen LogP contribution is 2.26. The lowest BCUT2D eigenvalue weighted by molar-refractivity contribution is 0.0697. The maximum absolute atomic E-state index is 11.0. The molecule has 3 aromatic rings. The molecule has 0 unspecified atom stereocenters. The first-order valence-electron chi connectivity index (χ1n) is 9.44. The number of rotatable bonds is 5. The fraction of sp³-hybridized carbons (Fsp3) is 0.261. The van der Waals surface area contributed by atoms with Crippen LogP contribution in [-0.4, -0.2) is 30.2 Å². The van der Waals surface area contributed by atoms with Crippen LogP contribution in [0.2, 0.25) is 0 Å². The zero-order chi connectivity index (χ0) is 18.8. The summed E-state index contributed by atoms with van der Waals surface area (Å²) < 4.78 is 0. The summed E-state index contributed by atoms with van der Waals surface area (Å²) in [5, 5.41) is 15.4. The summed E-state index contributed by atoms with van der Waals surface area (Å²) in [5.74, 6) is -0.883. The van der Waals surface area contributed by atoms with Crippen molar-refractivity contribution in [3.8, 4) is 0 Å². The van der Waals surface area contributed by atoms with Crippen molar-refractivity contribution in [2.24, 2.45) is 0 Å². The topological polar surface area (TPSA) is 52.6 Å². The van der Waals surface area contributed by atoms with Gasteiger partial charge in [0, 0.05) is 30.9 Å². The molecule has 6 heteroatoms. The third-order valence-corrected chi connectivity index (χ3v) is 5.44. The summed E-state index contributed by atoms with van der Waals surface area (Å²) in [7, 11) is 0. The summed E-state index contributed by atoms with van der Waals surface area (Å²) in [4.78, 5) is 13.3. The van der Waals surface area contributed by atoms with Crippen molar-refractivity contribution < 1.29 is 9.90 Å². The molecule has 0 spiro atoms. The number of carboxylic acid groups (broad SMARTS) is 1. The van der Waals surface area contributed by atoms with Gasteiger partial charge in [0.15, 0.2) is 0 Å². The van der Waals surface area contributed by atoms with Crippen LogP contribution in [0.15, 0.2) is 66.7 Å². The molecule has 2 atom stereocenters. The van der Waals surface area contributed by atoms with Gasteiger partial charge in [-0.05, 0) is 53.9 Å². The smallest absolute Gasteiger partial charge is 0.335 e. The molecule has 1 heterocycles. The van der Waals surface area contributed by atoms with Crippen LogP contribution in [0.5, 0.6) is 0 Å². The minimum Gasteiger partial charge on any atom is -0.478 e. The van der Waals surface area contributed by atoms with E-state index in [4.69, 9.17) is 5.11 Å². The first-order valence-corrected chi connectivity index (χ1v) is 9.44. The van der Waals surface area contributed by atoms with E-state index in [1.54, 1.807) is 12.1 Å². The number of carbonyl (C=O) groups is 1. The van der Waals surface area contributed by atoms with Crippen LogP contribution in [-0.2, 0) is 0 Å². The third-order valence-electron chi connectivity index (χ3n) is 5.44. The average Bonchev–Trinajstić information content (AvgIpc) is 3.16. The van der Waals surface area contributed by atoms with Crippen molar-refractivity contribution in [3.05, 3.63) is 77.9 Å². The Labute approximate surface area is 183 Å². The van der Waals surface area contributed by atoms with Gasteiger partial charge in [0.1, 0.15) is 0 Å². The maximum Gasteiger partial charge on any atom is 0.335 e. The maximum atomic E-state index is 11.0. The third kappa shape index (κ3) is 5.02. The second-order valence-electron chi connectivity index (χ2n) is 7.24. The van der Waals surface area contributed by atoms with Crippen LogP contribution in [0.25, 0.3) is 10.8 Å². The van der Waals surface area contributed by atoms with Crippen LogP contribution in [0, 0.1) is 0 Å². The second kappa shape index (κ2) is 9.97. The van der Waals surface area contributed by atoms with Gasteiger partial charge in [0.2, 0.25) is 0 Å². The van der Waals surface area contributed by atoms with Gasteiger partial charge in [-0.3, -0.25) is 0 Å². The number of benzene rings is 3. The molecule has 1 aliphatic heterocycles. The van der Waals surface area contributed by atoms with Gasteiger partial charge in [0.05, 0.1) is 5.56 Å². The number of carboxylic acids is 1. The Morgan fingerprint density at radius 1 is 1.03 bits per heavy atom. The normalized spacial score (nSPS) is 16.7. The Morgan fingerprint density at radius 2 is 1.72 bits per heavy atom. The number of aromatic carboxylic acids is 1. The summed E-state index contributed by atoms with van der Waals surface area (Å²) in [6.45, 7) is 4.14. The molecule has 0 radical (unpaired) electrons. The van der Waals surface area contributed by atoms with Gasteiger partial charge >= 0.3 is 5.97 Å². The molecule has 29 heavy (non-hydrogen) atoms. The van der Waals surface area contributed by atoms with E-state index in [0.29, 0.717) is 11.6 Å². The zero-order valence-electron chi connectivity index (χ0n) is 16.2. The lowest BCUT2D eigenvalue weighted by atomic mass is 9.99. The summed E-state index contributed by atoms with van der Waals surface area (Å²) in [6, 6.07) is 22.9. The van der Waals surface area contributed by atoms with Crippen molar-refractivity contribution in [2.45, 2.75) is 25.4 Å². The SMILES string of the molecule is C[C@@H](N[C@@H]1CCN(c2ccc(C(=O)O)cc2)C1)c1cccc2ccccc12.Cl.Cl. The molecular weight excluding hydrogens is 407 g/mol. The van der Waals surface area contributed by atoms with Crippen molar-refractivity contribution in [1.82, 2.24) is 5.32 Å². The quantitative estimate of drug-likeness (QED) is 0.573. The molecule has 1 aliphatic rings. The predicted octanol–water partition coefficient (Wildman–Crippen LogP) is 5.31. The zero-order valence-corrected chi connectivity index (χ0v) is 17.9. The van der Waals surface area contributed by atoms with Crippen molar-refractivity contribution >= 4 is 47.2 Å². The molecule has 154 valence electrons. The van der Waals surface area contributed by atoms with E-state index in [0.717, 1.165) is 25.2 Å². The van der Waals surface area contributed by atoms with Gasteiger partial charge in [-0.25, -0.2) is 4.79 Å². The van der Waals surface area contributed by atoms with Gasteiger partial charge in [0.25, 0.3) is 0 Å². The Hall–Kier alpha value is -2.27. The molecule has 1 fully saturated rings. The first-order chi connectivity index (χ1) is 13.1. The Morgan fingerprint density at radius 3 is 2.45 bits per heavy atom. The van der Waals surface area contributed by atoms with E-state index in [2.05, 4.69) is 59.6 Å². The molecule has 4 nitrogen and oxygen atoms in total. The van der Waals surface area contributed by atoms with Crippen molar-refractivity contribution in [1.29, 1.82) is 0 Å². The number of nitrogens with one attached hydrogen (secondary N) is 1. The highest BCUT2D eigenvalue weighted by molar-refractivity contribution is 5.88. The van der Waals surface area contributed by atoms with E-state index in [1.807, 2.05) is 12.1 Å². The van der Waals surface area contributed by atoms with E-state index in [9.17, 15) is 4.79 Å². The Kier molecular flexibility index (Phi) is 7.91. The van der Waals surface area contributed by atoms with Gasteiger partial charge in [-0.1, -0.05) is 42.5 Å². The van der Waals surface area contributed by atoms with Crippen LogP contribution in [0.3, 0.4) is 0 Å². The number of fused-ring (bicyclic) bond motifs is 1.